The number of aliphatic hydroxyl groups is 2. The van der Waals surface area contributed by atoms with Crippen molar-refractivity contribution in [2.24, 2.45) is 0 Å². The van der Waals surface area contributed by atoms with E-state index in [0.717, 1.165) is 21.0 Å². The minimum Gasteiger partial charge on any atom is -0.395 e. The molecule has 102 valence electrons. The highest BCUT2D eigenvalue weighted by atomic mass is 32.1. The summed E-state index contributed by atoms with van der Waals surface area (Å²) in [6.07, 6.45) is 2.44. The largest absolute Gasteiger partial charge is 0.395 e. The summed E-state index contributed by atoms with van der Waals surface area (Å²) >= 11 is 1.61. The van der Waals surface area contributed by atoms with Crippen molar-refractivity contribution in [1.82, 2.24) is 4.98 Å². The van der Waals surface area contributed by atoms with Crippen LogP contribution in [0.1, 0.15) is 21.0 Å². The first-order valence-corrected chi connectivity index (χ1v) is 7.12. The molecule has 1 aromatic carbocycles. The molecule has 1 heterocycles. The lowest BCUT2D eigenvalue weighted by Crippen LogP contribution is -2.37. The Morgan fingerprint density at radius 2 is 1.84 bits per heavy atom. The van der Waals surface area contributed by atoms with Crippen molar-refractivity contribution in [1.29, 1.82) is 0 Å². The van der Waals surface area contributed by atoms with Gasteiger partial charge in [-0.25, -0.2) is 4.98 Å². The fourth-order valence-electron chi connectivity index (χ4n) is 2.42. The van der Waals surface area contributed by atoms with Crippen LogP contribution in [0.3, 0.4) is 0 Å². The Kier molecular flexibility index (Phi) is 4.34. The third-order valence-electron chi connectivity index (χ3n) is 3.50. The predicted octanol–water partition coefficient (Wildman–Crippen LogP) is 2.23. The molecule has 0 aliphatic carbocycles. The Balaban J connectivity index is 2.40. The van der Waals surface area contributed by atoms with Gasteiger partial charge in [0, 0.05) is 16.5 Å². The molecule has 1 aromatic heterocycles. The number of nitrogens with zero attached hydrogens (tertiary/aromatic N) is 1. The van der Waals surface area contributed by atoms with Crippen LogP contribution in [0, 0.1) is 13.8 Å². The van der Waals surface area contributed by atoms with Crippen LogP contribution in [0.5, 0.6) is 0 Å². The highest BCUT2D eigenvalue weighted by molar-refractivity contribution is 7.11. The number of benzene rings is 1. The van der Waals surface area contributed by atoms with Crippen molar-refractivity contribution >= 4 is 11.3 Å². The molecule has 2 aromatic rings. The molecule has 0 saturated heterocycles. The smallest absolute Gasteiger partial charge is 0.0896 e. The standard InChI is InChI=1S/C15H19NO2S/c1-11-5-3-4-6-14(11)15(9-17,10-18)7-13-8-16-12(2)19-13/h3-6,8,17-18H,7,9-10H2,1-2H3. The second-order valence-corrected chi connectivity index (χ2v) is 6.25. The molecule has 0 aliphatic heterocycles. The third kappa shape index (κ3) is 2.86. The molecule has 0 bridgehead atoms. The van der Waals surface area contributed by atoms with E-state index in [9.17, 15) is 10.2 Å². The van der Waals surface area contributed by atoms with Crippen LogP contribution < -0.4 is 0 Å². The van der Waals surface area contributed by atoms with Gasteiger partial charge in [0.05, 0.1) is 18.2 Å². The summed E-state index contributed by atoms with van der Waals surface area (Å²) in [7, 11) is 0. The van der Waals surface area contributed by atoms with Gasteiger partial charge in [-0.05, 0) is 31.4 Å². The van der Waals surface area contributed by atoms with Crippen LogP contribution in [-0.4, -0.2) is 28.4 Å². The maximum atomic E-state index is 9.85. The van der Waals surface area contributed by atoms with Crippen molar-refractivity contribution in [2.45, 2.75) is 25.7 Å². The molecule has 0 saturated carbocycles. The molecular weight excluding hydrogens is 258 g/mol. The molecule has 19 heavy (non-hydrogen) atoms. The Morgan fingerprint density at radius 1 is 1.16 bits per heavy atom. The molecule has 0 radical (unpaired) electrons. The van der Waals surface area contributed by atoms with E-state index in [1.807, 2.05) is 44.3 Å². The molecular formula is C15H19NO2S. The fraction of sp³-hybridized carbons (Fsp3) is 0.400. The quantitative estimate of drug-likeness (QED) is 0.881. The van der Waals surface area contributed by atoms with Crippen LogP contribution in [-0.2, 0) is 11.8 Å². The van der Waals surface area contributed by atoms with E-state index < -0.39 is 5.41 Å². The van der Waals surface area contributed by atoms with E-state index in [2.05, 4.69) is 4.98 Å². The number of aryl methyl sites for hydroxylation is 2. The lowest BCUT2D eigenvalue weighted by Gasteiger charge is -2.31. The summed E-state index contributed by atoms with van der Waals surface area (Å²) < 4.78 is 0. The van der Waals surface area contributed by atoms with E-state index in [1.165, 1.54) is 0 Å². The SMILES string of the molecule is Cc1ncc(CC(CO)(CO)c2ccccc2C)s1. The van der Waals surface area contributed by atoms with Gasteiger partial charge in [-0.3, -0.25) is 0 Å². The summed E-state index contributed by atoms with van der Waals surface area (Å²) in [5.41, 5.74) is 1.46. The van der Waals surface area contributed by atoms with Gasteiger partial charge < -0.3 is 10.2 Å². The maximum Gasteiger partial charge on any atom is 0.0896 e. The Bertz CT molecular complexity index is 547. The van der Waals surface area contributed by atoms with Crippen LogP contribution in [0.15, 0.2) is 30.5 Å². The zero-order chi connectivity index (χ0) is 13.9. The highest BCUT2D eigenvalue weighted by Crippen LogP contribution is 2.32. The van der Waals surface area contributed by atoms with E-state index >= 15 is 0 Å². The van der Waals surface area contributed by atoms with Crippen molar-refractivity contribution in [3.05, 3.63) is 51.5 Å². The normalized spacial score (nSPS) is 11.8. The van der Waals surface area contributed by atoms with E-state index in [0.29, 0.717) is 6.42 Å². The van der Waals surface area contributed by atoms with Crippen molar-refractivity contribution in [2.75, 3.05) is 13.2 Å². The number of hydrogen-bond acceptors (Lipinski definition) is 4. The Labute approximate surface area is 117 Å². The predicted molar refractivity (Wildman–Crippen MR) is 77.6 cm³/mol. The van der Waals surface area contributed by atoms with Gasteiger partial charge in [0.15, 0.2) is 0 Å². The summed E-state index contributed by atoms with van der Waals surface area (Å²) in [5, 5.41) is 20.7. The van der Waals surface area contributed by atoms with E-state index in [1.54, 1.807) is 11.3 Å². The number of aromatic nitrogens is 1. The average molecular weight is 277 g/mol. The molecule has 0 spiro atoms. The topological polar surface area (TPSA) is 53.4 Å². The first-order valence-electron chi connectivity index (χ1n) is 6.30. The number of rotatable bonds is 5. The minimum atomic E-state index is -0.635. The summed E-state index contributed by atoms with van der Waals surface area (Å²) in [6, 6.07) is 7.90. The molecule has 0 aliphatic rings. The van der Waals surface area contributed by atoms with Gasteiger partial charge in [0.2, 0.25) is 0 Å². The molecule has 0 unspecified atom stereocenters. The van der Waals surface area contributed by atoms with Crippen LogP contribution in [0.4, 0.5) is 0 Å². The van der Waals surface area contributed by atoms with Gasteiger partial charge in [-0.2, -0.15) is 0 Å². The van der Waals surface area contributed by atoms with E-state index in [4.69, 9.17) is 0 Å². The average Bonchev–Trinajstić information content (AvgIpc) is 2.82. The first kappa shape index (κ1) is 14.2. The number of aliphatic hydroxyl groups excluding tert-OH is 2. The maximum absolute atomic E-state index is 9.85. The first-order chi connectivity index (χ1) is 9.11. The highest BCUT2D eigenvalue weighted by Gasteiger charge is 2.33. The lowest BCUT2D eigenvalue weighted by molar-refractivity contribution is 0.116. The van der Waals surface area contributed by atoms with Crippen LogP contribution in [0.2, 0.25) is 0 Å². The van der Waals surface area contributed by atoms with Crippen LogP contribution >= 0.6 is 11.3 Å². The summed E-state index contributed by atoms with van der Waals surface area (Å²) in [5.74, 6) is 0. The molecule has 0 atom stereocenters. The second-order valence-electron chi connectivity index (χ2n) is 4.93. The number of thiazole rings is 1. The van der Waals surface area contributed by atoms with Gasteiger partial charge in [-0.1, -0.05) is 24.3 Å². The second kappa shape index (κ2) is 5.82. The van der Waals surface area contributed by atoms with Gasteiger partial charge in [-0.15, -0.1) is 11.3 Å². The summed E-state index contributed by atoms with van der Waals surface area (Å²) in [4.78, 5) is 5.33. The minimum absolute atomic E-state index is 0.0781. The van der Waals surface area contributed by atoms with Gasteiger partial charge in [0.1, 0.15) is 0 Å². The van der Waals surface area contributed by atoms with Crippen molar-refractivity contribution in [3.8, 4) is 0 Å². The molecule has 0 fully saturated rings. The molecule has 2 N–H and O–H groups in total. The monoisotopic (exact) mass is 277 g/mol. The molecule has 0 amide bonds. The molecule has 2 rings (SSSR count). The van der Waals surface area contributed by atoms with Crippen molar-refractivity contribution in [3.63, 3.8) is 0 Å². The fourth-order valence-corrected chi connectivity index (χ4v) is 3.35. The zero-order valence-electron chi connectivity index (χ0n) is 11.3. The van der Waals surface area contributed by atoms with Gasteiger partial charge in [0.25, 0.3) is 0 Å². The van der Waals surface area contributed by atoms with Crippen molar-refractivity contribution < 1.29 is 10.2 Å². The third-order valence-corrected chi connectivity index (χ3v) is 4.42. The van der Waals surface area contributed by atoms with E-state index in [-0.39, 0.29) is 13.2 Å². The zero-order valence-corrected chi connectivity index (χ0v) is 12.1. The number of hydrogen-bond donors (Lipinski definition) is 2. The van der Waals surface area contributed by atoms with Gasteiger partial charge >= 0.3 is 0 Å². The van der Waals surface area contributed by atoms with Crippen LogP contribution in [0.25, 0.3) is 0 Å². The lowest BCUT2D eigenvalue weighted by atomic mass is 9.76. The molecule has 4 heteroatoms. The molecule has 3 nitrogen and oxygen atoms in total. The Hall–Kier alpha value is -1.23. The summed E-state index contributed by atoms with van der Waals surface area (Å²) in [6.45, 7) is 3.81. The Morgan fingerprint density at radius 3 is 2.37 bits per heavy atom.